The summed E-state index contributed by atoms with van der Waals surface area (Å²) in [5.74, 6) is -1.69. The molecule has 0 saturated heterocycles. The Kier molecular flexibility index (Phi) is 4.35. The zero-order valence-corrected chi connectivity index (χ0v) is 11.4. The molecule has 0 atom stereocenters. The Morgan fingerprint density at radius 2 is 1.82 bits per heavy atom. The van der Waals surface area contributed by atoms with Gasteiger partial charge in [0.05, 0.1) is 18.4 Å². The van der Waals surface area contributed by atoms with Crippen molar-refractivity contribution in [3.05, 3.63) is 59.4 Å². The van der Waals surface area contributed by atoms with Crippen molar-refractivity contribution in [2.24, 2.45) is 0 Å². The van der Waals surface area contributed by atoms with Crippen LogP contribution in [0.4, 0.5) is 23.2 Å². The first-order chi connectivity index (χ1) is 10.3. The molecular weight excluding hydrogens is 302 g/mol. The van der Waals surface area contributed by atoms with E-state index in [0.717, 1.165) is 18.2 Å². The van der Waals surface area contributed by atoms with E-state index in [1.807, 2.05) is 0 Å². The predicted molar refractivity (Wildman–Crippen MR) is 72.3 cm³/mol. The number of rotatable bonds is 3. The Morgan fingerprint density at radius 1 is 1.14 bits per heavy atom. The molecule has 3 nitrogen and oxygen atoms in total. The average molecular weight is 313 g/mol. The Balaban J connectivity index is 2.28. The van der Waals surface area contributed by atoms with Crippen LogP contribution < -0.4 is 10.1 Å². The van der Waals surface area contributed by atoms with Gasteiger partial charge < -0.3 is 10.1 Å². The van der Waals surface area contributed by atoms with Gasteiger partial charge in [0.1, 0.15) is 0 Å². The summed E-state index contributed by atoms with van der Waals surface area (Å²) >= 11 is 0. The van der Waals surface area contributed by atoms with E-state index >= 15 is 0 Å². The quantitative estimate of drug-likeness (QED) is 0.866. The molecule has 0 aliphatic heterocycles. The molecule has 2 aromatic rings. The van der Waals surface area contributed by atoms with Crippen molar-refractivity contribution in [1.29, 1.82) is 0 Å². The first-order valence-electron chi connectivity index (χ1n) is 6.14. The highest BCUT2D eigenvalue weighted by Crippen LogP contribution is 2.34. The molecule has 0 saturated carbocycles. The Morgan fingerprint density at radius 3 is 2.41 bits per heavy atom. The summed E-state index contributed by atoms with van der Waals surface area (Å²) in [4.78, 5) is 12.0. The normalized spacial score (nSPS) is 11.1. The number of halogens is 4. The van der Waals surface area contributed by atoms with Crippen molar-refractivity contribution in [3.63, 3.8) is 0 Å². The topological polar surface area (TPSA) is 38.3 Å². The third-order valence-corrected chi connectivity index (χ3v) is 2.89. The highest BCUT2D eigenvalue weighted by molar-refractivity contribution is 6.04. The fraction of sp³-hybridized carbons (Fsp3) is 0.133. The van der Waals surface area contributed by atoms with Crippen LogP contribution in [0.5, 0.6) is 5.75 Å². The van der Waals surface area contributed by atoms with Crippen LogP contribution in [0.25, 0.3) is 0 Å². The number of para-hydroxylation sites is 1. The van der Waals surface area contributed by atoms with Crippen LogP contribution in [0, 0.1) is 5.82 Å². The zero-order valence-electron chi connectivity index (χ0n) is 11.4. The lowest BCUT2D eigenvalue weighted by Gasteiger charge is -2.13. The fourth-order valence-electron chi connectivity index (χ4n) is 1.84. The molecule has 2 aromatic carbocycles. The first-order valence-corrected chi connectivity index (χ1v) is 6.14. The molecule has 0 heterocycles. The maximum absolute atomic E-state index is 13.5. The lowest BCUT2D eigenvalue weighted by molar-refractivity contribution is -0.136. The minimum Gasteiger partial charge on any atom is -0.494 e. The summed E-state index contributed by atoms with van der Waals surface area (Å²) in [5, 5.41) is 2.13. The van der Waals surface area contributed by atoms with E-state index in [2.05, 4.69) is 5.32 Å². The number of nitrogens with one attached hydrogen (secondary N) is 1. The number of benzene rings is 2. The van der Waals surface area contributed by atoms with Crippen molar-refractivity contribution in [2.75, 3.05) is 12.4 Å². The molecule has 0 fully saturated rings. The van der Waals surface area contributed by atoms with Gasteiger partial charge in [-0.25, -0.2) is 4.39 Å². The third kappa shape index (κ3) is 3.36. The Hall–Kier alpha value is -2.57. The van der Waals surface area contributed by atoms with Crippen molar-refractivity contribution >= 4 is 11.6 Å². The summed E-state index contributed by atoms with van der Waals surface area (Å²) in [6.45, 7) is 0. The van der Waals surface area contributed by atoms with E-state index < -0.39 is 29.2 Å². The maximum atomic E-state index is 13.5. The van der Waals surface area contributed by atoms with E-state index in [9.17, 15) is 22.4 Å². The van der Waals surface area contributed by atoms with E-state index in [-0.39, 0.29) is 11.3 Å². The molecule has 0 aliphatic rings. The molecule has 7 heteroatoms. The molecule has 116 valence electrons. The lowest BCUT2D eigenvalue weighted by atomic mass is 10.1. The summed E-state index contributed by atoms with van der Waals surface area (Å²) < 4.78 is 56.7. The molecule has 0 unspecified atom stereocenters. The largest absolute Gasteiger partial charge is 0.494 e. The van der Waals surface area contributed by atoms with Gasteiger partial charge in [-0.05, 0) is 30.3 Å². The van der Waals surface area contributed by atoms with Crippen LogP contribution in [0.1, 0.15) is 15.9 Å². The molecule has 1 amide bonds. The lowest BCUT2D eigenvalue weighted by Crippen LogP contribution is -2.16. The monoisotopic (exact) mass is 313 g/mol. The number of amides is 1. The summed E-state index contributed by atoms with van der Waals surface area (Å²) in [7, 11) is 1.26. The van der Waals surface area contributed by atoms with Gasteiger partial charge in [0, 0.05) is 5.56 Å². The van der Waals surface area contributed by atoms with E-state index in [4.69, 9.17) is 4.74 Å². The summed E-state index contributed by atoms with van der Waals surface area (Å²) in [6, 6.07) is 7.92. The average Bonchev–Trinajstić information content (AvgIpc) is 2.46. The van der Waals surface area contributed by atoms with Gasteiger partial charge in [-0.1, -0.05) is 12.1 Å². The highest BCUT2D eigenvalue weighted by Gasteiger charge is 2.33. The number of anilines is 1. The van der Waals surface area contributed by atoms with Gasteiger partial charge in [-0.3, -0.25) is 4.79 Å². The molecule has 1 N–H and O–H groups in total. The van der Waals surface area contributed by atoms with Crippen LogP contribution in [-0.2, 0) is 6.18 Å². The number of alkyl halides is 3. The maximum Gasteiger partial charge on any atom is 0.418 e. The Bertz CT molecular complexity index is 698. The molecule has 0 bridgehead atoms. The number of hydrogen-bond acceptors (Lipinski definition) is 2. The van der Waals surface area contributed by atoms with Gasteiger partial charge in [-0.2, -0.15) is 13.2 Å². The van der Waals surface area contributed by atoms with Crippen LogP contribution in [-0.4, -0.2) is 13.0 Å². The minimum atomic E-state index is -4.60. The molecular formula is C15H11F4NO2. The molecule has 0 aromatic heterocycles. The Labute approximate surface area is 123 Å². The molecule has 0 spiro atoms. The second-order valence-corrected chi connectivity index (χ2v) is 4.35. The minimum absolute atomic E-state index is 0.0627. The van der Waals surface area contributed by atoms with Gasteiger partial charge in [0.2, 0.25) is 0 Å². The molecule has 22 heavy (non-hydrogen) atoms. The second-order valence-electron chi connectivity index (χ2n) is 4.35. The smallest absolute Gasteiger partial charge is 0.418 e. The van der Waals surface area contributed by atoms with E-state index in [0.29, 0.717) is 0 Å². The van der Waals surface area contributed by atoms with E-state index in [1.54, 1.807) is 0 Å². The van der Waals surface area contributed by atoms with Gasteiger partial charge >= 0.3 is 6.18 Å². The van der Waals surface area contributed by atoms with E-state index in [1.165, 1.54) is 31.4 Å². The first kappa shape index (κ1) is 15.8. The SMILES string of the molecule is COc1ccc(C(=O)Nc2ccccc2C(F)(F)F)cc1F. The predicted octanol–water partition coefficient (Wildman–Crippen LogP) is 4.11. The summed E-state index contributed by atoms with van der Waals surface area (Å²) in [6.07, 6.45) is -4.60. The van der Waals surface area contributed by atoms with Gasteiger partial charge in [0.15, 0.2) is 11.6 Å². The fourth-order valence-corrected chi connectivity index (χ4v) is 1.84. The van der Waals surface area contributed by atoms with Gasteiger partial charge in [-0.15, -0.1) is 0 Å². The number of carbonyl (C=O) groups is 1. The van der Waals surface area contributed by atoms with Crippen LogP contribution in [0.2, 0.25) is 0 Å². The van der Waals surface area contributed by atoms with Crippen LogP contribution >= 0.6 is 0 Å². The molecule has 2 rings (SSSR count). The molecule has 0 radical (unpaired) electrons. The zero-order chi connectivity index (χ0) is 16.3. The number of hydrogen-bond donors (Lipinski definition) is 1. The number of carbonyl (C=O) groups excluding carboxylic acids is 1. The standard InChI is InChI=1S/C15H11F4NO2/c1-22-13-7-6-9(8-11(13)16)14(21)20-12-5-3-2-4-10(12)15(17,18)19/h2-8H,1H3,(H,20,21). The number of ether oxygens (including phenoxy) is 1. The van der Waals surface area contributed by atoms with Crippen molar-refractivity contribution in [1.82, 2.24) is 0 Å². The number of methoxy groups -OCH3 is 1. The van der Waals surface area contributed by atoms with Crippen molar-refractivity contribution in [2.45, 2.75) is 6.18 Å². The van der Waals surface area contributed by atoms with Crippen molar-refractivity contribution < 1.29 is 27.1 Å². The van der Waals surface area contributed by atoms with Gasteiger partial charge in [0.25, 0.3) is 5.91 Å². The van der Waals surface area contributed by atoms with Crippen LogP contribution in [0.3, 0.4) is 0 Å². The second kappa shape index (κ2) is 6.05. The molecule has 0 aliphatic carbocycles. The summed E-state index contributed by atoms with van der Waals surface area (Å²) in [5.41, 5.74) is -1.48. The van der Waals surface area contributed by atoms with Crippen molar-refractivity contribution in [3.8, 4) is 5.75 Å². The third-order valence-electron chi connectivity index (χ3n) is 2.89. The van der Waals surface area contributed by atoms with Crippen LogP contribution in [0.15, 0.2) is 42.5 Å². The highest BCUT2D eigenvalue weighted by atomic mass is 19.4.